The smallest absolute Gasteiger partial charge is 0.215 e. The number of nitrogens with zero attached hydrogens (tertiary/aromatic N) is 4. The normalized spacial score (nSPS) is 12.2. The van der Waals surface area contributed by atoms with Crippen molar-refractivity contribution in [1.29, 1.82) is 0 Å². The number of ketones is 1. The topological polar surface area (TPSA) is 76.5 Å². The number of aromatic nitrogens is 5. The van der Waals surface area contributed by atoms with E-state index in [0.29, 0.717) is 10.7 Å². The second-order valence-corrected chi connectivity index (χ2v) is 8.25. The molecule has 0 spiro atoms. The Morgan fingerprint density at radius 1 is 0.968 bits per heavy atom. The minimum Gasteiger partial charge on any atom is -0.360 e. The molecule has 152 valence electrons. The number of thioether (sulfide) groups is 1. The van der Waals surface area contributed by atoms with Crippen molar-refractivity contribution in [3.8, 4) is 5.69 Å². The van der Waals surface area contributed by atoms with Gasteiger partial charge >= 0.3 is 0 Å². The lowest BCUT2D eigenvalue weighted by Gasteiger charge is -2.16. The summed E-state index contributed by atoms with van der Waals surface area (Å²) >= 11 is 1.36. The van der Waals surface area contributed by atoms with E-state index in [4.69, 9.17) is 0 Å². The van der Waals surface area contributed by atoms with Crippen molar-refractivity contribution in [2.45, 2.75) is 17.3 Å². The maximum absolute atomic E-state index is 13.7. The van der Waals surface area contributed by atoms with Gasteiger partial charge in [-0.3, -0.25) is 4.79 Å². The molecule has 0 aliphatic rings. The zero-order valence-corrected chi connectivity index (χ0v) is 17.6. The number of hydrogen-bond acceptors (Lipinski definition) is 5. The number of aryl methyl sites for hydroxylation is 1. The third-order valence-corrected chi connectivity index (χ3v) is 6.39. The van der Waals surface area contributed by atoms with E-state index in [-0.39, 0.29) is 5.78 Å². The molecule has 0 aliphatic heterocycles. The molecule has 2 heterocycles. The summed E-state index contributed by atoms with van der Waals surface area (Å²) in [7, 11) is 0. The maximum Gasteiger partial charge on any atom is 0.215 e. The van der Waals surface area contributed by atoms with Crippen molar-refractivity contribution in [2.75, 3.05) is 0 Å². The van der Waals surface area contributed by atoms with E-state index in [9.17, 15) is 4.79 Å². The maximum atomic E-state index is 13.7. The van der Waals surface area contributed by atoms with Crippen LogP contribution in [0, 0.1) is 6.92 Å². The quantitative estimate of drug-likeness (QED) is 0.300. The van der Waals surface area contributed by atoms with Gasteiger partial charge in [0.1, 0.15) is 5.25 Å². The van der Waals surface area contributed by atoms with E-state index in [1.807, 2.05) is 85.8 Å². The van der Waals surface area contributed by atoms with Crippen LogP contribution in [-0.4, -0.2) is 31.0 Å². The van der Waals surface area contributed by atoms with Crippen LogP contribution in [-0.2, 0) is 0 Å². The third-order valence-electron chi connectivity index (χ3n) is 5.20. The number of aromatic amines is 1. The first-order chi connectivity index (χ1) is 15.2. The van der Waals surface area contributed by atoms with Gasteiger partial charge in [-0.05, 0) is 40.6 Å². The summed E-state index contributed by atoms with van der Waals surface area (Å²) in [5.74, 6) is 0.00739. The lowest BCUT2D eigenvalue weighted by Crippen LogP contribution is -2.11. The molecule has 3 aromatic carbocycles. The van der Waals surface area contributed by atoms with Gasteiger partial charge in [0.05, 0.1) is 5.69 Å². The van der Waals surface area contributed by atoms with Crippen LogP contribution in [0.3, 0.4) is 0 Å². The predicted molar refractivity (Wildman–Crippen MR) is 122 cm³/mol. The first-order valence-electron chi connectivity index (χ1n) is 9.88. The van der Waals surface area contributed by atoms with E-state index in [1.54, 1.807) is 10.9 Å². The Labute approximate surface area is 183 Å². The summed E-state index contributed by atoms with van der Waals surface area (Å²) in [5.41, 5.74) is 4.44. The summed E-state index contributed by atoms with van der Waals surface area (Å²) < 4.78 is 1.69. The monoisotopic (exact) mass is 425 g/mol. The van der Waals surface area contributed by atoms with Crippen LogP contribution in [0.4, 0.5) is 0 Å². The van der Waals surface area contributed by atoms with E-state index in [1.165, 1.54) is 11.8 Å². The van der Waals surface area contributed by atoms with Crippen molar-refractivity contribution < 1.29 is 4.79 Å². The Morgan fingerprint density at radius 3 is 2.55 bits per heavy atom. The predicted octanol–water partition coefficient (Wildman–Crippen LogP) is 5.17. The van der Waals surface area contributed by atoms with E-state index in [2.05, 4.69) is 20.5 Å². The number of para-hydroxylation sites is 2. The van der Waals surface area contributed by atoms with Crippen molar-refractivity contribution in [1.82, 2.24) is 25.2 Å². The summed E-state index contributed by atoms with van der Waals surface area (Å²) in [6.45, 7) is 2.01. The van der Waals surface area contributed by atoms with Crippen LogP contribution in [0.5, 0.6) is 0 Å². The minimum atomic E-state index is -0.492. The molecule has 0 radical (unpaired) electrons. The number of nitrogens with one attached hydrogen (secondary N) is 1. The van der Waals surface area contributed by atoms with E-state index in [0.717, 1.165) is 27.7 Å². The zero-order chi connectivity index (χ0) is 21.2. The summed E-state index contributed by atoms with van der Waals surface area (Å²) in [6, 6.07) is 25.5. The van der Waals surface area contributed by atoms with Gasteiger partial charge < -0.3 is 4.98 Å². The van der Waals surface area contributed by atoms with Crippen LogP contribution >= 0.6 is 11.8 Å². The molecule has 31 heavy (non-hydrogen) atoms. The van der Waals surface area contributed by atoms with Crippen molar-refractivity contribution >= 4 is 28.4 Å². The molecule has 0 amide bonds. The van der Waals surface area contributed by atoms with Gasteiger partial charge in [0.2, 0.25) is 5.16 Å². The highest BCUT2D eigenvalue weighted by Gasteiger charge is 2.28. The largest absolute Gasteiger partial charge is 0.360 e. The first-order valence-corrected chi connectivity index (χ1v) is 10.8. The number of fused-ring (bicyclic) bond motifs is 1. The second-order valence-electron chi connectivity index (χ2n) is 7.18. The zero-order valence-electron chi connectivity index (χ0n) is 16.8. The average molecular weight is 426 g/mol. The Kier molecular flexibility index (Phi) is 5.09. The number of benzene rings is 3. The fraction of sp³-hybridized carbons (Fsp3) is 0.0833. The van der Waals surface area contributed by atoms with Crippen molar-refractivity contribution in [2.24, 2.45) is 0 Å². The van der Waals surface area contributed by atoms with Crippen molar-refractivity contribution in [3.05, 3.63) is 102 Å². The van der Waals surface area contributed by atoms with Crippen LogP contribution < -0.4 is 0 Å². The molecule has 1 atom stereocenters. The van der Waals surface area contributed by atoms with Crippen LogP contribution in [0.1, 0.15) is 26.7 Å². The van der Waals surface area contributed by atoms with Gasteiger partial charge in [-0.1, -0.05) is 78.5 Å². The Bertz CT molecular complexity index is 1360. The molecular formula is C24H19N5OS. The summed E-state index contributed by atoms with van der Waals surface area (Å²) in [4.78, 5) is 16.9. The number of carbonyl (C=O) groups excluding carboxylic acids is 1. The highest BCUT2D eigenvalue weighted by atomic mass is 32.2. The SMILES string of the molecule is Cc1ccccc1-n1nnnc1S[C@H](C(=O)c1c[nH]c2ccccc12)c1ccccc1. The van der Waals surface area contributed by atoms with Gasteiger partial charge in [0.15, 0.2) is 5.78 Å². The van der Waals surface area contributed by atoms with Crippen LogP contribution in [0.25, 0.3) is 16.6 Å². The van der Waals surface area contributed by atoms with Crippen LogP contribution in [0.2, 0.25) is 0 Å². The molecule has 7 heteroatoms. The molecular weight excluding hydrogens is 406 g/mol. The number of carbonyl (C=O) groups is 1. The van der Waals surface area contributed by atoms with Gasteiger partial charge in [-0.2, -0.15) is 4.68 Å². The molecule has 0 saturated carbocycles. The second kappa shape index (κ2) is 8.20. The standard InChI is InChI=1S/C24H19N5OS/c1-16-9-5-8-14-21(16)29-24(26-27-28-29)31-23(17-10-3-2-4-11-17)22(30)19-15-25-20-13-7-6-12-18(19)20/h2-15,23,25H,1H3/t23-/m0/s1. The van der Waals surface area contributed by atoms with Gasteiger partial charge in [-0.15, -0.1) is 5.10 Å². The summed E-state index contributed by atoms with van der Waals surface area (Å²) in [5, 5.41) is 13.3. The first kappa shape index (κ1) is 19.3. The fourth-order valence-electron chi connectivity index (χ4n) is 3.63. The van der Waals surface area contributed by atoms with E-state index >= 15 is 0 Å². The Morgan fingerprint density at radius 2 is 1.71 bits per heavy atom. The molecule has 6 nitrogen and oxygen atoms in total. The molecule has 5 rings (SSSR count). The minimum absolute atomic E-state index is 0.00739. The molecule has 5 aromatic rings. The molecule has 0 saturated heterocycles. The fourth-order valence-corrected chi connectivity index (χ4v) is 4.68. The highest BCUT2D eigenvalue weighted by molar-refractivity contribution is 8.00. The van der Waals surface area contributed by atoms with Gasteiger partial charge in [-0.25, -0.2) is 0 Å². The average Bonchev–Trinajstić information content (AvgIpc) is 3.45. The molecule has 0 unspecified atom stereocenters. The molecule has 0 aliphatic carbocycles. The third kappa shape index (κ3) is 3.64. The number of tetrazole rings is 1. The molecule has 0 fully saturated rings. The highest BCUT2D eigenvalue weighted by Crippen LogP contribution is 2.38. The van der Waals surface area contributed by atoms with Crippen molar-refractivity contribution in [3.63, 3.8) is 0 Å². The molecule has 1 N–H and O–H groups in total. The lowest BCUT2D eigenvalue weighted by atomic mass is 10.0. The van der Waals surface area contributed by atoms with Gasteiger partial charge in [0.25, 0.3) is 0 Å². The summed E-state index contributed by atoms with van der Waals surface area (Å²) in [6.07, 6.45) is 1.79. The number of rotatable bonds is 6. The molecule has 2 aromatic heterocycles. The Hall–Kier alpha value is -3.71. The number of H-pyrrole nitrogens is 1. The number of hydrogen-bond donors (Lipinski definition) is 1. The Balaban J connectivity index is 1.57. The lowest BCUT2D eigenvalue weighted by molar-refractivity contribution is 0.0991. The van der Waals surface area contributed by atoms with E-state index < -0.39 is 5.25 Å². The molecule has 0 bridgehead atoms. The number of Topliss-reactive ketones (excluding diaryl/α,β-unsaturated/α-hetero) is 1. The van der Waals surface area contributed by atoms with Crippen LogP contribution in [0.15, 0.2) is 90.2 Å². The van der Waals surface area contributed by atoms with Gasteiger partial charge in [0, 0.05) is 22.7 Å².